The zero-order valence-corrected chi connectivity index (χ0v) is 20.3. The number of esters is 2. The summed E-state index contributed by atoms with van der Waals surface area (Å²) in [5.74, 6) is -0.637. The Bertz CT molecular complexity index is 936. The second-order valence-corrected chi connectivity index (χ2v) is 8.63. The average Bonchev–Trinajstić information content (AvgIpc) is 2.80. The molecule has 2 aromatic carbocycles. The molecule has 0 aliphatic carbocycles. The van der Waals surface area contributed by atoms with Gasteiger partial charge in [0.25, 0.3) is 0 Å². The molecule has 0 aliphatic rings. The van der Waals surface area contributed by atoms with Crippen molar-refractivity contribution >= 4 is 17.8 Å². The van der Waals surface area contributed by atoms with E-state index in [1.807, 2.05) is 48.5 Å². The van der Waals surface area contributed by atoms with Crippen molar-refractivity contribution in [3.63, 3.8) is 0 Å². The second-order valence-electron chi connectivity index (χ2n) is 8.63. The van der Waals surface area contributed by atoms with Crippen molar-refractivity contribution in [3.8, 4) is 16.9 Å². The van der Waals surface area contributed by atoms with Crippen LogP contribution in [0.15, 0.2) is 48.5 Å². The van der Waals surface area contributed by atoms with Crippen molar-refractivity contribution in [2.75, 3.05) is 19.8 Å². The molecule has 0 saturated heterocycles. The van der Waals surface area contributed by atoms with Crippen LogP contribution in [0.1, 0.15) is 52.0 Å². The summed E-state index contributed by atoms with van der Waals surface area (Å²) in [6.45, 7) is 5.31. The molecule has 0 atom stereocenters. The van der Waals surface area contributed by atoms with Crippen LogP contribution in [-0.4, -0.2) is 37.7 Å². The largest absolute Gasteiger partial charge is 0.494 e. The van der Waals surface area contributed by atoms with Gasteiger partial charge in [-0.1, -0.05) is 49.7 Å². The molecule has 7 nitrogen and oxygen atoms in total. The van der Waals surface area contributed by atoms with Crippen LogP contribution in [0.4, 0.5) is 0 Å². The number of ether oxygens (including phenoxy) is 3. The molecule has 0 fully saturated rings. The Kier molecular flexibility index (Phi) is 10.6. The smallest absolute Gasteiger partial charge is 0.302 e. The van der Waals surface area contributed by atoms with Gasteiger partial charge < -0.3 is 19.9 Å². The maximum Gasteiger partial charge on any atom is 0.302 e. The Balaban J connectivity index is 2.12. The zero-order chi connectivity index (χ0) is 25.0. The number of aryl methyl sites for hydroxylation is 1. The molecule has 7 heteroatoms. The average molecular weight is 470 g/mol. The van der Waals surface area contributed by atoms with E-state index in [1.165, 1.54) is 13.8 Å². The normalized spacial score (nSPS) is 11.0. The Hall–Kier alpha value is -3.35. The van der Waals surface area contributed by atoms with Crippen molar-refractivity contribution in [2.45, 2.75) is 52.9 Å². The van der Waals surface area contributed by atoms with E-state index in [-0.39, 0.29) is 19.6 Å². The van der Waals surface area contributed by atoms with Gasteiger partial charge in [-0.2, -0.15) is 0 Å². The highest BCUT2D eigenvalue weighted by atomic mass is 16.5. The Morgan fingerprint density at radius 2 is 1.56 bits per heavy atom. The molecule has 2 N–H and O–H groups in total. The minimum atomic E-state index is -0.883. The molecular formula is C27H35NO6. The lowest BCUT2D eigenvalue weighted by molar-refractivity contribution is -0.154. The van der Waals surface area contributed by atoms with Crippen molar-refractivity contribution in [1.29, 1.82) is 0 Å². The van der Waals surface area contributed by atoms with Crippen LogP contribution < -0.4 is 10.5 Å². The third-order valence-electron chi connectivity index (χ3n) is 5.54. The van der Waals surface area contributed by atoms with Crippen LogP contribution in [0.5, 0.6) is 5.75 Å². The fourth-order valence-corrected chi connectivity index (χ4v) is 3.63. The van der Waals surface area contributed by atoms with Gasteiger partial charge in [0.15, 0.2) is 0 Å². The maximum absolute atomic E-state index is 11.8. The molecule has 0 spiro atoms. The molecule has 184 valence electrons. The molecule has 0 radical (unpaired) electrons. The van der Waals surface area contributed by atoms with Crippen molar-refractivity contribution in [3.05, 3.63) is 54.1 Å². The summed E-state index contributed by atoms with van der Waals surface area (Å²) in [5, 5.41) is 0. The maximum atomic E-state index is 11.8. The SMILES string of the molecule is CCCCOc1cccc(-c2ccc(CCC(COC(C)=O)(COC(C)=O)CC(N)=O)cc2)c1. The number of benzene rings is 2. The summed E-state index contributed by atoms with van der Waals surface area (Å²) in [6.07, 6.45) is 3.10. The fourth-order valence-electron chi connectivity index (χ4n) is 3.63. The van der Waals surface area contributed by atoms with Gasteiger partial charge in [0.1, 0.15) is 19.0 Å². The standard InChI is InChI=1S/C27H35NO6/c1-4-5-15-32-25-8-6-7-24(16-25)23-11-9-22(10-12-23)13-14-27(17-26(28)31,18-33-20(2)29)19-34-21(3)30/h6-12,16H,4-5,13-15,17-19H2,1-3H3,(H2,28,31). The lowest BCUT2D eigenvalue weighted by atomic mass is 9.80. The first-order valence-electron chi connectivity index (χ1n) is 11.6. The van der Waals surface area contributed by atoms with Gasteiger partial charge in [0.2, 0.25) is 5.91 Å². The molecular weight excluding hydrogens is 434 g/mol. The predicted octanol–water partition coefficient (Wildman–Crippen LogP) is 4.45. The highest BCUT2D eigenvalue weighted by molar-refractivity contribution is 5.75. The zero-order valence-electron chi connectivity index (χ0n) is 20.3. The van der Waals surface area contributed by atoms with Crippen molar-refractivity contribution in [2.24, 2.45) is 11.1 Å². The Morgan fingerprint density at radius 3 is 2.12 bits per heavy atom. The summed E-state index contributed by atoms with van der Waals surface area (Å²) in [4.78, 5) is 34.6. The van der Waals surface area contributed by atoms with E-state index >= 15 is 0 Å². The molecule has 0 bridgehead atoms. The first-order valence-corrected chi connectivity index (χ1v) is 11.6. The Morgan fingerprint density at radius 1 is 0.912 bits per heavy atom. The number of hydrogen-bond donors (Lipinski definition) is 1. The van der Waals surface area contributed by atoms with Crippen LogP contribution in [0.25, 0.3) is 11.1 Å². The van der Waals surface area contributed by atoms with Crippen LogP contribution in [0, 0.1) is 5.41 Å². The number of nitrogens with two attached hydrogens (primary N) is 1. The summed E-state index contributed by atoms with van der Waals surface area (Å²) in [7, 11) is 0. The first-order chi connectivity index (χ1) is 16.2. The number of rotatable bonds is 14. The van der Waals surface area contributed by atoms with Gasteiger partial charge in [-0.25, -0.2) is 0 Å². The van der Waals surface area contributed by atoms with Gasteiger partial charge in [0, 0.05) is 25.7 Å². The molecule has 1 amide bonds. The van der Waals surface area contributed by atoms with Crippen LogP contribution in [-0.2, 0) is 30.3 Å². The summed E-state index contributed by atoms with van der Waals surface area (Å²) in [5.41, 5.74) is 7.75. The second kappa shape index (κ2) is 13.4. The van der Waals surface area contributed by atoms with Gasteiger partial charge in [-0.05, 0) is 48.1 Å². The summed E-state index contributed by atoms with van der Waals surface area (Å²) >= 11 is 0. The van der Waals surface area contributed by atoms with Gasteiger partial charge in [-0.15, -0.1) is 0 Å². The number of primary amides is 1. The lowest BCUT2D eigenvalue weighted by Crippen LogP contribution is -2.38. The molecule has 0 saturated carbocycles. The number of hydrogen-bond acceptors (Lipinski definition) is 6. The van der Waals surface area contributed by atoms with Crippen molar-refractivity contribution < 1.29 is 28.6 Å². The van der Waals surface area contributed by atoms with Crippen molar-refractivity contribution in [1.82, 2.24) is 0 Å². The summed E-state index contributed by atoms with van der Waals surface area (Å²) < 4.78 is 16.2. The van der Waals surface area contributed by atoms with Crippen LogP contribution in [0.2, 0.25) is 0 Å². The topological polar surface area (TPSA) is 105 Å². The van der Waals surface area contributed by atoms with E-state index in [4.69, 9.17) is 19.9 Å². The van der Waals surface area contributed by atoms with Gasteiger partial charge >= 0.3 is 11.9 Å². The Labute approximate surface area is 201 Å². The van der Waals surface area contributed by atoms with Crippen LogP contribution in [0.3, 0.4) is 0 Å². The number of carbonyl (C=O) groups is 3. The fraction of sp³-hybridized carbons (Fsp3) is 0.444. The minimum Gasteiger partial charge on any atom is -0.494 e. The molecule has 0 aliphatic heterocycles. The van der Waals surface area contributed by atoms with Gasteiger partial charge in [-0.3, -0.25) is 14.4 Å². The predicted molar refractivity (Wildman–Crippen MR) is 130 cm³/mol. The monoisotopic (exact) mass is 469 g/mol. The van der Waals surface area contributed by atoms with E-state index in [0.29, 0.717) is 19.4 Å². The molecule has 0 unspecified atom stereocenters. The molecule has 2 aromatic rings. The van der Waals surface area contributed by atoms with E-state index in [1.54, 1.807) is 0 Å². The molecule has 34 heavy (non-hydrogen) atoms. The highest BCUT2D eigenvalue weighted by Crippen LogP contribution is 2.31. The quantitative estimate of drug-likeness (QED) is 0.324. The number of carbonyl (C=O) groups excluding carboxylic acids is 3. The lowest BCUT2D eigenvalue weighted by Gasteiger charge is -2.31. The van der Waals surface area contributed by atoms with E-state index in [2.05, 4.69) is 6.92 Å². The summed E-state index contributed by atoms with van der Waals surface area (Å²) in [6, 6.07) is 16.1. The molecule has 0 aromatic heterocycles. The van der Waals surface area contributed by atoms with E-state index in [9.17, 15) is 14.4 Å². The van der Waals surface area contributed by atoms with E-state index in [0.717, 1.165) is 35.3 Å². The minimum absolute atomic E-state index is 0.0541. The van der Waals surface area contributed by atoms with Crippen LogP contribution >= 0.6 is 0 Å². The number of unbranched alkanes of at least 4 members (excludes halogenated alkanes) is 1. The van der Waals surface area contributed by atoms with Gasteiger partial charge in [0.05, 0.1) is 6.61 Å². The number of amides is 1. The van der Waals surface area contributed by atoms with E-state index < -0.39 is 23.3 Å². The third-order valence-corrected chi connectivity index (χ3v) is 5.54. The third kappa shape index (κ3) is 9.25. The highest BCUT2D eigenvalue weighted by Gasteiger charge is 2.35. The molecule has 0 heterocycles. The molecule has 2 rings (SSSR count). The first kappa shape index (κ1) is 26.9.